The number of sulfonamides is 1. The number of anilines is 1. The van der Waals surface area contributed by atoms with Gasteiger partial charge in [-0.1, -0.05) is 17.7 Å². The van der Waals surface area contributed by atoms with E-state index in [1.807, 2.05) is 0 Å². The van der Waals surface area contributed by atoms with Crippen molar-refractivity contribution in [1.29, 1.82) is 0 Å². The lowest BCUT2D eigenvalue weighted by molar-refractivity contribution is -0.111. The highest BCUT2D eigenvalue weighted by atomic mass is 35.5. The maximum atomic E-state index is 12.2. The molecule has 0 unspecified atom stereocenters. The zero-order chi connectivity index (χ0) is 20.9. The molecule has 2 aromatic rings. The molecule has 7 nitrogen and oxygen atoms in total. The maximum absolute atomic E-state index is 12.2. The van der Waals surface area contributed by atoms with E-state index < -0.39 is 15.9 Å². The van der Waals surface area contributed by atoms with Gasteiger partial charge in [-0.05, 0) is 42.0 Å². The number of ether oxygens (including phenoxy) is 2. The second-order valence-electron chi connectivity index (χ2n) is 5.88. The van der Waals surface area contributed by atoms with E-state index in [0.717, 1.165) is 4.31 Å². The highest BCUT2D eigenvalue weighted by Crippen LogP contribution is 2.36. The van der Waals surface area contributed by atoms with Gasteiger partial charge in [0.15, 0.2) is 11.5 Å². The van der Waals surface area contributed by atoms with Crippen molar-refractivity contribution >= 4 is 39.3 Å². The van der Waals surface area contributed by atoms with E-state index in [4.69, 9.17) is 21.1 Å². The van der Waals surface area contributed by atoms with Crippen LogP contribution in [0.2, 0.25) is 5.02 Å². The Morgan fingerprint density at radius 1 is 1.14 bits per heavy atom. The Morgan fingerprint density at radius 3 is 2.46 bits per heavy atom. The third kappa shape index (κ3) is 5.03. The van der Waals surface area contributed by atoms with Crippen molar-refractivity contribution in [1.82, 2.24) is 4.31 Å². The molecule has 0 aromatic heterocycles. The van der Waals surface area contributed by atoms with Gasteiger partial charge in [0.05, 0.1) is 24.1 Å². The molecule has 9 heteroatoms. The standard InChI is InChI=1S/C19H21ClN2O5S/c1-22(2)28(24,25)15-7-5-6-14(12-15)21-18(23)9-8-13-10-16(20)19(27-4)17(11-13)26-3/h5-12H,1-4H3,(H,21,23)/b9-8+. The number of carbonyl (C=O) groups is 1. The molecule has 0 heterocycles. The fraction of sp³-hybridized carbons (Fsp3) is 0.211. The number of methoxy groups -OCH3 is 2. The predicted molar refractivity (Wildman–Crippen MR) is 110 cm³/mol. The Hall–Kier alpha value is -2.55. The van der Waals surface area contributed by atoms with E-state index >= 15 is 0 Å². The van der Waals surface area contributed by atoms with Crippen molar-refractivity contribution in [2.24, 2.45) is 0 Å². The number of hydrogen-bond acceptors (Lipinski definition) is 5. The average Bonchev–Trinajstić information content (AvgIpc) is 2.65. The van der Waals surface area contributed by atoms with Crippen LogP contribution in [0.25, 0.3) is 6.08 Å². The molecular weight excluding hydrogens is 404 g/mol. The molecule has 28 heavy (non-hydrogen) atoms. The Labute approximate surface area is 169 Å². The van der Waals surface area contributed by atoms with Crippen LogP contribution in [0.1, 0.15) is 5.56 Å². The van der Waals surface area contributed by atoms with Gasteiger partial charge in [-0.2, -0.15) is 0 Å². The van der Waals surface area contributed by atoms with Crippen molar-refractivity contribution in [3.8, 4) is 11.5 Å². The first-order valence-corrected chi connectivity index (χ1v) is 9.94. The lowest BCUT2D eigenvalue weighted by Crippen LogP contribution is -2.22. The minimum absolute atomic E-state index is 0.0888. The van der Waals surface area contributed by atoms with E-state index in [1.54, 1.807) is 30.3 Å². The number of nitrogens with zero attached hydrogens (tertiary/aromatic N) is 1. The predicted octanol–water partition coefficient (Wildman–Crippen LogP) is 3.26. The molecule has 0 saturated carbocycles. The number of nitrogens with one attached hydrogen (secondary N) is 1. The summed E-state index contributed by atoms with van der Waals surface area (Å²) in [6.07, 6.45) is 2.87. The van der Waals surface area contributed by atoms with E-state index in [1.165, 1.54) is 46.5 Å². The SMILES string of the molecule is COc1cc(/C=C/C(=O)Nc2cccc(S(=O)(=O)N(C)C)c2)cc(Cl)c1OC. The molecule has 0 atom stereocenters. The summed E-state index contributed by atoms with van der Waals surface area (Å²) in [5.74, 6) is 0.423. The monoisotopic (exact) mass is 424 g/mol. The quantitative estimate of drug-likeness (QED) is 0.689. The molecule has 2 rings (SSSR count). The molecule has 0 aliphatic rings. The van der Waals surface area contributed by atoms with Crippen LogP contribution >= 0.6 is 11.6 Å². The zero-order valence-corrected chi connectivity index (χ0v) is 17.5. The van der Waals surface area contributed by atoms with Gasteiger partial charge < -0.3 is 14.8 Å². The van der Waals surface area contributed by atoms with Crippen molar-refractivity contribution in [3.05, 3.63) is 53.1 Å². The average molecular weight is 425 g/mol. The molecule has 150 valence electrons. The largest absolute Gasteiger partial charge is 0.493 e. The van der Waals surface area contributed by atoms with Crippen molar-refractivity contribution in [2.75, 3.05) is 33.6 Å². The second-order valence-corrected chi connectivity index (χ2v) is 8.44. The molecule has 0 aliphatic heterocycles. The number of halogens is 1. The minimum atomic E-state index is -3.59. The Kier molecular flexibility index (Phi) is 7.06. The van der Waals surface area contributed by atoms with Gasteiger partial charge in [-0.25, -0.2) is 12.7 Å². The summed E-state index contributed by atoms with van der Waals surface area (Å²) < 4.78 is 35.9. The fourth-order valence-corrected chi connectivity index (χ4v) is 3.58. The summed E-state index contributed by atoms with van der Waals surface area (Å²) in [4.78, 5) is 12.3. The summed E-state index contributed by atoms with van der Waals surface area (Å²) in [7, 11) is 2.27. The summed E-state index contributed by atoms with van der Waals surface area (Å²) in [5, 5.41) is 2.98. The molecule has 1 N–H and O–H groups in total. The molecule has 0 saturated heterocycles. The first-order valence-electron chi connectivity index (χ1n) is 8.12. The molecule has 0 spiro atoms. The van der Waals surface area contributed by atoms with Crippen LogP contribution in [0.3, 0.4) is 0 Å². The highest BCUT2D eigenvalue weighted by molar-refractivity contribution is 7.89. The van der Waals surface area contributed by atoms with Crippen molar-refractivity contribution < 1.29 is 22.7 Å². The lowest BCUT2D eigenvalue weighted by atomic mass is 10.2. The molecule has 0 aliphatic carbocycles. The van der Waals surface area contributed by atoms with Crippen molar-refractivity contribution in [2.45, 2.75) is 4.90 Å². The summed E-state index contributed by atoms with van der Waals surface area (Å²) in [5.41, 5.74) is 1.00. The van der Waals surface area contributed by atoms with Crippen LogP contribution in [0, 0.1) is 0 Å². The summed E-state index contributed by atoms with van der Waals surface area (Å²) in [6.45, 7) is 0. The van der Waals surface area contributed by atoms with Gasteiger partial charge >= 0.3 is 0 Å². The van der Waals surface area contributed by atoms with Gasteiger partial charge in [-0.15, -0.1) is 0 Å². The first-order chi connectivity index (χ1) is 13.2. The zero-order valence-electron chi connectivity index (χ0n) is 15.9. The smallest absolute Gasteiger partial charge is 0.248 e. The molecular formula is C19H21ClN2O5S. The topological polar surface area (TPSA) is 84.9 Å². The van der Waals surface area contributed by atoms with E-state index in [2.05, 4.69) is 5.32 Å². The number of hydrogen-bond donors (Lipinski definition) is 1. The minimum Gasteiger partial charge on any atom is -0.493 e. The van der Waals surface area contributed by atoms with Crippen LogP contribution in [0.5, 0.6) is 11.5 Å². The molecule has 0 fully saturated rings. The van der Waals surface area contributed by atoms with E-state index in [0.29, 0.717) is 27.8 Å². The van der Waals surface area contributed by atoms with Gasteiger partial charge in [0, 0.05) is 25.9 Å². The Morgan fingerprint density at radius 2 is 1.86 bits per heavy atom. The molecule has 2 aromatic carbocycles. The van der Waals surface area contributed by atoms with E-state index in [-0.39, 0.29) is 4.90 Å². The molecule has 1 amide bonds. The summed E-state index contributed by atoms with van der Waals surface area (Å²) >= 11 is 6.14. The van der Waals surface area contributed by atoms with Crippen LogP contribution in [0.4, 0.5) is 5.69 Å². The number of rotatable bonds is 7. The second kappa shape index (κ2) is 9.09. The van der Waals surface area contributed by atoms with Gasteiger partial charge in [0.2, 0.25) is 15.9 Å². The van der Waals surface area contributed by atoms with Crippen LogP contribution in [-0.2, 0) is 14.8 Å². The van der Waals surface area contributed by atoms with Gasteiger partial charge in [0.1, 0.15) is 0 Å². The lowest BCUT2D eigenvalue weighted by Gasteiger charge is -2.12. The molecule has 0 radical (unpaired) electrons. The van der Waals surface area contributed by atoms with E-state index in [9.17, 15) is 13.2 Å². The Balaban J connectivity index is 2.18. The fourth-order valence-electron chi connectivity index (χ4n) is 2.34. The van der Waals surface area contributed by atoms with Gasteiger partial charge in [0.25, 0.3) is 0 Å². The molecule has 0 bridgehead atoms. The maximum Gasteiger partial charge on any atom is 0.248 e. The van der Waals surface area contributed by atoms with Crippen LogP contribution in [-0.4, -0.2) is 46.9 Å². The Bertz CT molecular complexity index is 1000. The van der Waals surface area contributed by atoms with Crippen LogP contribution in [0.15, 0.2) is 47.4 Å². The highest BCUT2D eigenvalue weighted by Gasteiger charge is 2.17. The van der Waals surface area contributed by atoms with Gasteiger partial charge in [-0.3, -0.25) is 4.79 Å². The van der Waals surface area contributed by atoms with Crippen LogP contribution < -0.4 is 14.8 Å². The summed E-state index contributed by atoms with van der Waals surface area (Å²) in [6, 6.07) is 9.34. The normalized spacial score (nSPS) is 11.6. The number of benzene rings is 2. The number of carbonyl (C=O) groups excluding carboxylic acids is 1. The number of amides is 1. The third-order valence-corrected chi connectivity index (χ3v) is 5.86. The third-order valence-electron chi connectivity index (χ3n) is 3.76. The van der Waals surface area contributed by atoms with Crippen molar-refractivity contribution in [3.63, 3.8) is 0 Å². The first kappa shape index (κ1) is 21.7.